The van der Waals surface area contributed by atoms with Gasteiger partial charge < -0.3 is 14.8 Å². The van der Waals surface area contributed by atoms with E-state index in [0.717, 1.165) is 5.56 Å². The summed E-state index contributed by atoms with van der Waals surface area (Å²) in [6.45, 7) is 0.234. The van der Waals surface area contributed by atoms with Gasteiger partial charge in [0.1, 0.15) is 22.9 Å². The summed E-state index contributed by atoms with van der Waals surface area (Å²) in [6.07, 6.45) is 2.75. The van der Waals surface area contributed by atoms with Gasteiger partial charge in [-0.05, 0) is 35.9 Å². The largest absolute Gasteiger partial charge is 0.493 e. The number of pyridine rings is 1. The van der Waals surface area contributed by atoms with E-state index in [2.05, 4.69) is 10.3 Å². The van der Waals surface area contributed by atoms with Crippen molar-refractivity contribution in [3.8, 4) is 23.4 Å². The highest BCUT2D eigenvalue weighted by atomic mass is 16.5. The highest BCUT2D eigenvalue weighted by Gasteiger charge is 2.18. The van der Waals surface area contributed by atoms with Gasteiger partial charge in [-0.15, -0.1) is 0 Å². The van der Waals surface area contributed by atoms with Crippen LogP contribution in [0.15, 0.2) is 89.4 Å². The average molecular weight is 452 g/mol. The normalized spacial score (nSPS) is 11.0. The highest BCUT2D eigenvalue weighted by molar-refractivity contribution is 6.01. The second-order valence-corrected chi connectivity index (χ2v) is 7.16. The zero-order chi connectivity index (χ0) is 23.9. The van der Waals surface area contributed by atoms with Crippen LogP contribution in [0.25, 0.3) is 11.7 Å². The topological polar surface area (TPSA) is 106 Å². The number of carbonyl (C=O) groups is 1. The van der Waals surface area contributed by atoms with Gasteiger partial charge in [0, 0.05) is 12.7 Å². The second kappa shape index (κ2) is 10.1. The minimum absolute atomic E-state index is 0.0407. The van der Waals surface area contributed by atoms with E-state index >= 15 is 0 Å². The van der Waals surface area contributed by atoms with E-state index < -0.39 is 11.5 Å². The molecule has 0 aliphatic heterocycles. The monoisotopic (exact) mass is 452 g/mol. The van der Waals surface area contributed by atoms with Gasteiger partial charge in [-0.3, -0.25) is 14.0 Å². The first-order valence-electron chi connectivity index (χ1n) is 10.4. The van der Waals surface area contributed by atoms with Crippen LogP contribution in [-0.4, -0.2) is 22.4 Å². The van der Waals surface area contributed by atoms with Crippen molar-refractivity contribution >= 4 is 17.6 Å². The number of hydrogen-bond donors (Lipinski definition) is 1. The molecule has 0 fully saturated rings. The molecule has 0 spiro atoms. The fourth-order valence-corrected chi connectivity index (χ4v) is 3.26. The lowest BCUT2D eigenvalue weighted by atomic mass is 10.1. The van der Waals surface area contributed by atoms with Crippen LogP contribution in [0.5, 0.6) is 17.4 Å². The molecule has 0 bridgehead atoms. The Bertz CT molecular complexity index is 1470. The van der Waals surface area contributed by atoms with Gasteiger partial charge in [0.15, 0.2) is 11.5 Å². The molecule has 8 nitrogen and oxygen atoms in total. The third-order valence-corrected chi connectivity index (χ3v) is 4.96. The number of carbonyl (C=O) groups excluding carboxylic acids is 1. The number of para-hydroxylation sites is 2. The molecular weight excluding hydrogens is 432 g/mol. The van der Waals surface area contributed by atoms with Gasteiger partial charge in [0.25, 0.3) is 11.5 Å². The third kappa shape index (κ3) is 4.79. The number of methoxy groups -OCH3 is 1. The Balaban J connectivity index is 1.76. The Labute approximate surface area is 195 Å². The van der Waals surface area contributed by atoms with Crippen molar-refractivity contribution in [1.82, 2.24) is 14.7 Å². The minimum Gasteiger partial charge on any atom is -0.493 e. The molecule has 0 aliphatic carbocycles. The molecule has 0 atom stereocenters. The molecule has 2 aromatic carbocycles. The van der Waals surface area contributed by atoms with Crippen LogP contribution in [-0.2, 0) is 11.3 Å². The van der Waals surface area contributed by atoms with Crippen LogP contribution in [0.1, 0.15) is 11.1 Å². The SMILES string of the molecule is COc1ccccc1Oc1nc2ccccn2c(=O)c1C=C(C#N)C(=O)NCc1ccccc1. The van der Waals surface area contributed by atoms with E-state index in [1.165, 1.54) is 17.6 Å². The molecule has 0 radical (unpaired) electrons. The quantitative estimate of drug-likeness (QED) is 0.338. The number of benzene rings is 2. The van der Waals surface area contributed by atoms with E-state index in [9.17, 15) is 14.9 Å². The first-order chi connectivity index (χ1) is 16.6. The number of nitrogens with zero attached hydrogens (tertiary/aromatic N) is 3. The molecule has 168 valence electrons. The molecule has 1 N–H and O–H groups in total. The van der Waals surface area contributed by atoms with Crippen LogP contribution in [0.3, 0.4) is 0 Å². The number of hydrogen-bond acceptors (Lipinski definition) is 6. The number of ether oxygens (including phenoxy) is 2. The summed E-state index contributed by atoms with van der Waals surface area (Å²) in [6, 6.07) is 23.1. The van der Waals surface area contributed by atoms with Crippen molar-refractivity contribution in [3.05, 3.63) is 106 Å². The zero-order valence-corrected chi connectivity index (χ0v) is 18.3. The lowest BCUT2D eigenvalue weighted by molar-refractivity contribution is -0.117. The van der Waals surface area contributed by atoms with Crippen molar-refractivity contribution < 1.29 is 14.3 Å². The maximum Gasteiger partial charge on any atom is 0.269 e. The summed E-state index contributed by atoms with van der Waals surface area (Å²) in [5.74, 6) is 0.101. The molecule has 0 unspecified atom stereocenters. The number of aromatic nitrogens is 2. The van der Waals surface area contributed by atoms with Crippen LogP contribution in [0.2, 0.25) is 0 Å². The van der Waals surface area contributed by atoms with Crippen molar-refractivity contribution in [1.29, 1.82) is 5.26 Å². The second-order valence-electron chi connectivity index (χ2n) is 7.16. The van der Waals surface area contributed by atoms with Crippen LogP contribution in [0, 0.1) is 11.3 Å². The molecule has 8 heteroatoms. The molecule has 0 aliphatic rings. The number of rotatable bonds is 7. The molecule has 2 aromatic heterocycles. The Morgan fingerprint density at radius 2 is 1.76 bits per heavy atom. The molecule has 2 heterocycles. The highest BCUT2D eigenvalue weighted by Crippen LogP contribution is 2.31. The molecule has 1 amide bonds. The Morgan fingerprint density at radius 3 is 2.50 bits per heavy atom. The summed E-state index contributed by atoms with van der Waals surface area (Å²) in [5, 5.41) is 12.3. The number of nitriles is 1. The number of fused-ring (bicyclic) bond motifs is 1. The number of nitrogens with one attached hydrogen (secondary N) is 1. The zero-order valence-electron chi connectivity index (χ0n) is 18.3. The molecule has 0 saturated carbocycles. The van der Waals surface area contributed by atoms with Gasteiger partial charge in [-0.2, -0.15) is 10.2 Å². The molecular formula is C26H20N4O4. The Hall–Kier alpha value is -4.90. The summed E-state index contributed by atoms with van der Waals surface area (Å²) < 4.78 is 12.6. The smallest absolute Gasteiger partial charge is 0.269 e. The summed E-state index contributed by atoms with van der Waals surface area (Å²) in [4.78, 5) is 30.4. The van der Waals surface area contributed by atoms with Crippen LogP contribution >= 0.6 is 0 Å². The van der Waals surface area contributed by atoms with Gasteiger partial charge >= 0.3 is 0 Å². The molecule has 4 aromatic rings. The molecule has 34 heavy (non-hydrogen) atoms. The fourth-order valence-electron chi connectivity index (χ4n) is 3.26. The maximum atomic E-state index is 13.3. The van der Waals surface area contributed by atoms with E-state index in [-0.39, 0.29) is 23.6 Å². The van der Waals surface area contributed by atoms with Crippen molar-refractivity contribution in [3.63, 3.8) is 0 Å². The van der Waals surface area contributed by atoms with Crippen molar-refractivity contribution in [2.45, 2.75) is 6.54 Å². The van der Waals surface area contributed by atoms with Crippen LogP contribution < -0.4 is 20.3 Å². The standard InChI is InChI=1S/C26H20N4O4/c1-33-21-11-5-6-12-22(21)34-25-20(26(32)30-14-8-7-13-23(30)29-25)15-19(16-27)24(31)28-17-18-9-3-2-4-10-18/h2-15H,17H2,1H3,(H,28,31). The lowest BCUT2D eigenvalue weighted by Gasteiger charge is -2.12. The van der Waals surface area contributed by atoms with E-state index in [4.69, 9.17) is 9.47 Å². The van der Waals surface area contributed by atoms with Crippen molar-refractivity contribution in [2.24, 2.45) is 0 Å². The van der Waals surface area contributed by atoms with Crippen LogP contribution in [0.4, 0.5) is 0 Å². The first-order valence-corrected chi connectivity index (χ1v) is 10.4. The Morgan fingerprint density at radius 1 is 1.06 bits per heavy atom. The summed E-state index contributed by atoms with van der Waals surface area (Å²) >= 11 is 0. The average Bonchev–Trinajstić information content (AvgIpc) is 2.88. The van der Waals surface area contributed by atoms with E-state index in [1.54, 1.807) is 48.7 Å². The van der Waals surface area contributed by atoms with Gasteiger partial charge in [-0.1, -0.05) is 48.5 Å². The third-order valence-electron chi connectivity index (χ3n) is 4.96. The fraction of sp³-hybridized carbons (Fsp3) is 0.0769. The first kappa shape index (κ1) is 22.3. The molecule has 0 saturated heterocycles. The van der Waals surface area contributed by atoms with E-state index in [1.807, 2.05) is 36.4 Å². The van der Waals surface area contributed by atoms with Gasteiger partial charge in [-0.25, -0.2) is 0 Å². The minimum atomic E-state index is -0.618. The summed E-state index contributed by atoms with van der Waals surface area (Å²) in [5.41, 5.74) is 0.443. The predicted molar refractivity (Wildman–Crippen MR) is 126 cm³/mol. The summed E-state index contributed by atoms with van der Waals surface area (Å²) in [7, 11) is 1.50. The van der Waals surface area contributed by atoms with Crippen molar-refractivity contribution in [2.75, 3.05) is 7.11 Å². The maximum absolute atomic E-state index is 13.3. The van der Waals surface area contributed by atoms with Gasteiger partial charge in [0.2, 0.25) is 5.88 Å². The number of amides is 1. The van der Waals surface area contributed by atoms with Gasteiger partial charge in [0.05, 0.1) is 7.11 Å². The predicted octanol–water partition coefficient (Wildman–Crippen LogP) is 3.72. The lowest BCUT2D eigenvalue weighted by Crippen LogP contribution is -2.25. The Kier molecular flexibility index (Phi) is 6.65. The molecule has 4 rings (SSSR count). The van der Waals surface area contributed by atoms with E-state index in [0.29, 0.717) is 17.1 Å².